The van der Waals surface area contributed by atoms with Crippen LogP contribution in [0.1, 0.15) is 11.1 Å². The SMILES string of the molecule is CN(CCc1ccccc1)c1cccc(Cl)c1CN. The monoisotopic (exact) mass is 274 g/mol. The molecule has 2 rings (SSSR count). The number of nitrogens with zero attached hydrogens (tertiary/aromatic N) is 1. The lowest BCUT2D eigenvalue weighted by molar-refractivity contribution is 0.866. The predicted molar refractivity (Wildman–Crippen MR) is 82.8 cm³/mol. The van der Waals surface area contributed by atoms with Crippen LogP contribution in [0.2, 0.25) is 5.02 Å². The van der Waals surface area contributed by atoms with E-state index < -0.39 is 0 Å². The van der Waals surface area contributed by atoms with Crippen LogP contribution >= 0.6 is 11.6 Å². The highest BCUT2D eigenvalue weighted by atomic mass is 35.5. The molecule has 0 atom stereocenters. The average molecular weight is 275 g/mol. The van der Waals surface area contributed by atoms with E-state index in [1.807, 2.05) is 18.2 Å². The van der Waals surface area contributed by atoms with Gasteiger partial charge < -0.3 is 10.6 Å². The molecule has 0 heterocycles. The average Bonchev–Trinajstić information content (AvgIpc) is 2.45. The molecular weight excluding hydrogens is 256 g/mol. The Morgan fingerprint density at radius 3 is 2.47 bits per heavy atom. The van der Waals surface area contributed by atoms with Gasteiger partial charge in [0, 0.05) is 36.4 Å². The minimum Gasteiger partial charge on any atom is -0.374 e. The van der Waals surface area contributed by atoms with Gasteiger partial charge in [-0.1, -0.05) is 48.0 Å². The van der Waals surface area contributed by atoms with E-state index >= 15 is 0 Å². The maximum atomic E-state index is 6.18. The van der Waals surface area contributed by atoms with E-state index in [-0.39, 0.29) is 0 Å². The van der Waals surface area contributed by atoms with Crippen molar-refractivity contribution in [1.82, 2.24) is 0 Å². The molecule has 19 heavy (non-hydrogen) atoms. The number of nitrogens with two attached hydrogens (primary N) is 1. The van der Waals surface area contributed by atoms with Gasteiger partial charge in [0.1, 0.15) is 0 Å². The number of hydrogen-bond acceptors (Lipinski definition) is 2. The van der Waals surface area contributed by atoms with Crippen molar-refractivity contribution in [3.63, 3.8) is 0 Å². The zero-order chi connectivity index (χ0) is 13.7. The molecule has 0 saturated heterocycles. The summed E-state index contributed by atoms with van der Waals surface area (Å²) < 4.78 is 0. The van der Waals surface area contributed by atoms with Gasteiger partial charge in [0.25, 0.3) is 0 Å². The fraction of sp³-hybridized carbons (Fsp3) is 0.250. The van der Waals surface area contributed by atoms with E-state index in [1.54, 1.807) is 0 Å². The zero-order valence-corrected chi connectivity index (χ0v) is 11.9. The van der Waals surface area contributed by atoms with Crippen molar-refractivity contribution >= 4 is 17.3 Å². The van der Waals surface area contributed by atoms with Gasteiger partial charge in [-0.15, -0.1) is 0 Å². The van der Waals surface area contributed by atoms with Crippen LogP contribution in [0.5, 0.6) is 0 Å². The van der Waals surface area contributed by atoms with Gasteiger partial charge in [-0.2, -0.15) is 0 Å². The summed E-state index contributed by atoms with van der Waals surface area (Å²) in [5.74, 6) is 0. The third-order valence-corrected chi connectivity index (χ3v) is 3.64. The summed E-state index contributed by atoms with van der Waals surface area (Å²) in [6.45, 7) is 1.40. The molecule has 0 aliphatic carbocycles. The minimum absolute atomic E-state index is 0.463. The topological polar surface area (TPSA) is 29.3 Å². The maximum Gasteiger partial charge on any atom is 0.0471 e. The minimum atomic E-state index is 0.463. The molecule has 0 aliphatic heterocycles. The smallest absolute Gasteiger partial charge is 0.0471 e. The van der Waals surface area contributed by atoms with E-state index in [9.17, 15) is 0 Å². The van der Waals surface area contributed by atoms with Crippen molar-refractivity contribution < 1.29 is 0 Å². The summed E-state index contributed by atoms with van der Waals surface area (Å²) in [5.41, 5.74) is 9.25. The summed E-state index contributed by atoms with van der Waals surface area (Å²) in [6.07, 6.45) is 1.01. The molecule has 0 saturated carbocycles. The van der Waals surface area contributed by atoms with E-state index in [0.717, 1.165) is 29.2 Å². The molecule has 0 fully saturated rings. The van der Waals surface area contributed by atoms with Crippen molar-refractivity contribution in [3.05, 3.63) is 64.7 Å². The summed E-state index contributed by atoms with van der Waals surface area (Å²) >= 11 is 6.18. The van der Waals surface area contributed by atoms with Gasteiger partial charge in [0.2, 0.25) is 0 Å². The van der Waals surface area contributed by atoms with E-state index in [4.69, 9.17) is 17.3 Å². The fourth-order valence-corrected chi connectivity index (χ4v) is 2.42. The molecule has 0 spiro atoms. The molecular formula is C16H19ClN2. The Hall–Kier alpha value is -1.51. The molecule has 3 heteroatoms. The molecule has 2 N–H and O–H groups in total. The van der Waals surface area contributed by atoms with Gasteiger partial charge >= 0.3 is 0 Å². The van der Waals surface area contributed by atoms with Gasteiger partial charge in [-0.05, 0) is 24.1 Å². The first-order valence-corrected chi connectivity index (χ1v) is 6.82. The van der Waals surface area contributed by atoms with Crippen molar-refractivity contribution in [2.75, 3.05) is 18.5 Å². The third kappa shape index (κ3) is 3.49. The summed E-state index contributed by atoms with van der Waals surface area (Å²) in [6, 6.07) is 16.4. The van der Waals surface area contributed by atoms with Crippen LogP contribution in [0.4, 0.5) is 5.69 Å². The molecule has 100 valence electrons. The lowest BCUT2D eigenvalue weighted by Crippen LogP contribution is -2.22. The van der Waals surface area contributed by atoms with Crippen LogP contribution < -0.4 is 10.6 Å². The van der Waals surface area contributed by atoms with Gasteiger partial charge in [-0.25, -0.2) is 0 Å². The highest BCUT2D eigenvalue weighted by Crippen LogP contribution is 2.26. The standard InChI is InChI=1S/C16H19ClN2/c1-19(11-10-13-6-3-2-4-7-13)16-9-5-8-15(17)14(16)12-18/h2-9H,10-12,18H2,1H3. The van der Waals surface area contributed by atoms with Crippen LogP contribution in [0.25, 0.3) is 0 Å². The third-order valence-electron chi connectivity index (χ3n) is 3.29. The first-order valence-electron chi connectivity index (χ1n) is 6.45. The molecule has 2 aromatic rings. The Kier molecular flexibility index (Phi) is 4.83. The van der Waals surface area contributed by atoms with Crippen LogP contribution in [0, 0.1) is 0 Å². The van der Waals surface area contributed by atoms with Crippen LogP contribution in [0.15, 0.2) is 48.5 Å². The van der Waals surface area contributed by atoms with E-state index in [2.05, 4.69) is 42.3 Å². The second kappa shape index (κ2) is 6.60. The first-order chi connectivity index (χ1) is 9.22. The Morgan fingerprint density at radius 1 is 1.05 bits per heavy atom. The second-order valence-electron chi connectivity index (χ2n) is 4.60. The molecule has 0 radical (unpaired) electrons. The van der Waals surface area contributed by atoms with Crippen LogP contribution in [-0.2, 0) is 13.0 Å². The van der Waals surface area contributed by atoms with Crippen LogP contribution in [0.3, 0.4) is 0 Å². The molecule has 0 amide bonds. The first kappa shape index (κ1) is 13.9. The Bertz CT molecular complexity index is 526. The molecule has 0 bridgehead atoms. The van der Waals surface area contributed by atoms with Crippen LogP contribution in [-0.4, -0.2) is 13.6 Å². The number of benzene rings is 2. The Morgan fingerprint density at radius 2 is 1.79 bits per heavy atom. The van der Waals surface area contributed by atoms with Crippen molar-refractivity contribution in [3.8, 4) is 0 Å². The van der Waals surface area contributed by atoms with Crippen molar-refractivity contribution in [2.45, 2.75) is 13.0 Å². The van der Waals surface area contributed by atoms with E-state index in [0.29, 0.717) is 6.54 Å². The Balaban J connectivity index is 2.08. The summed E-state index contributed by atoms with van der Waals surface area (Å²) in [5, 5.41) is 0.742. The highest BCUT2D eigenvalue weighted by Gasteiger charge is 2.09. The maximum absolute atomic E-state index is 6.18. The lowest BCUT2D eigenvalue weighted by atomic mass is 10.1. The molecule has 0 aromatic heterocycles. The predicted octanol–water partition coefficient (Wildman–Crippen LogP) is 3.48. The zero-order valence-electron chi connectivity index (χ0n) is 11.1. The number of rotatable bonds is 5. The summed E-state index contributed by atoms with van der Waals surface area (Å²) in [4.78, 5) is 2.21. The van der Waals surface area contributed by atoms with E-state index in [1.165, 1.54) is 5.56 Å². The summed E-state index contributed by atoms with van der Waals surface area (Å²) in [7, 11) is 2.08. The second-order valence-corrected chi connectivity index (χ2v) is 5.01. The lowest BCUT2D eigenvalue weighted by Gasteiger charge is -2.22. The van der Waals surface area contributed by atoms with Crippen molar-refractivity contribution in [2.24, 2.45) is 5.73 Å². The molecule has 0 aliphatic rings. The number of halogens is 1. The fourth-order valence-electron chi connectivity index (χ4n) is 2.17. The number of hydrogen-bond donors (Lipinski definition) is 1. The largest absolute Gasteiger partial charge is 0.374 e. The molecule has 2 nitrogen and oxygen atoms in total. The van der Waals surface area contributed by atoms with Gasteiger partial charge in [-0.3, -0.25) is 0 Å². The molecule has 0 unspecified atom stereocenters. The highest BCUT2D eigenvalue weighted by molar-refractivity contribution is 6.31. The Labute approximate surface area is 119 Å². The number of anilines is 1. The van der Waals surface area contributed by atoms with Gasteiger partial charge in [0.05, 0.1) is 0 Å². The normalized spacial score (nSPS) is 10.5. The van der Waals surface area contributed by atoms with Crippen molar-refractivity contribution in [1.29, 1.82) is 0 Å². The molecule has 2 aromatic carbocycles. The number of likely N-dealkylation sites (N-methyl/N-ethyl adjacent to an activating group) is 1. The quantitative estimate of drug-likeness (QED) is 0.904. The van der Waals surface area contributed by atoms with Gasteiger partial charge in [0.15, 0.2) is 0 Å².